The van der Waals surface area contributed by atoms with E-state index in [9.17, 15) is 0 Å². The Kier molecular flexibility index (Phi) is 4.35. The largest absolute Gasteiger partial charge is 0.392 e. The van der Waals surface area contributed by atoms with E-state index in [1.54, 1.807) is 11.3 Å². The summed E-state index contributed by atoms with van der Waals surface area (Å²) < 4.78 is 0. The van der Waals surface area contributed by atoms with Gasteiger partial charge in [0.1, 0.15) is 0 Å². The van der Waals surface area contributed by atoms with Gasteiger partial charge in [-0.05, 0) is 35.9 Å². The van der Waals surface area contributed by atoms with Crippen LogP contribution in [0.15, 0.2) is 16.8 Å². The molecule has 13 heavy (non-hydrogen) atoms. The fraction of sp³-hybridized carbons (Fsp3) is 0.444. The monoisotopic (exact) mass is 214 g/mol. The van der Waals surface area contributed by atoms with E-state index in [0.717, 1.165) is 13.0 Å². The number of hydrogen-bond acceptors (Lipinski definition) is 3. The number of nitrogens with zero attached hydrogens (tertiary/aromatic N) is 1. The summed E-state index contributed by atoms with van der Waals surface area (Å²) in [6.45, 7) is 1.72. The number of rotatable bonds is 5. The Hall–Kier alpha value is -0.450. The minimum atomic E-state index is 0.563. The fourth-order valence-corrected chi connectivity index (χ4v) is 2.02. The van der Waals surface area contributed by atoms with E-state index in [1.165, 1.54) is 5.56 Å². The molecule has 1 heterocycles. The number of nitrogens with two attached hydrogens (primary N) is 1. The summed E-state index contributed by atoms with van der Waals surface area (Å²) in [6, 6.07) is 2.15. The first kappa shape index (κ1) is 10.6. The number of thiophene rings is 1. The van der Waals surface area contributed by atoms with Gasteiger partial charge in [-0.3, -0.25) is 4.90 Å². The summed E-state index contributed by atoms with van der Waals surface area (Å²) in [5.41, 5.74) is 6.82. The van der Waals surface area contributed by atoms with Gasteiger partial charge in [0.15, 0.2) is 0 Å². The Balaban J connectivity index is 2.22. The molecule has 0 saturated carbocycles. The lowest BCUT2D eigenvalue weighted by molar-refractivity contribution is 0.386. The molecule has 1 aromatic heterocycles. The summed E-state index contributed by atoms with van der Waals surface area (Å²) in [5.74, 6) is 0. The second kappa shape index (κ2) is 5.32. The van der Waals surface area contributed by atoms with Crippen LogP contribution in [0.5, 0.6) is 0 Å². The molecule has 4 heteroatoms. The molecule has 2 nitrogen and oxygen atoms in total. The molecule has 0 aliphatic carbocycles. The quantitative estimate of drug-likeness (QED) is 0.753. The molecular weight excluding hydrogens is 200 g/mol. The van der Waals surface area contributed by atoms with Crippen molar-refractivity contribution in [2.75, 3.05) is 20.1 Å². The zero-order chi connectivity index (χ0) is 9.68. The predicted octanol–water partition coefficient (Wildman–Crippen LogP) is 1.51. The van der Waals surface area contributed by atoms with Crippen molar-refractivity contribution in [2.45, 2.75) is 6.42 Å². The van der Waals surface area contributed by atoms with Gasteiger partial charge in [-0.1, -0.05) is 12.2 Å². The summed E-state index contributed by atoms with van der Waals surface area (Å²) >= 11 is 6.56. The fourth-order valence-electron chi connectivity index (χ4n) is 1.10. The standard InChI is InChI=1S/C9H14N2S2/c1-11(6-9(10)12)4-2-8-3-5-13-7-8/h3,5,7H,2,4,6H2,1H3,(H2,10,12). The third-order valence-electron chi connectivity index (χ3n) is 1.79. The maximum Gasteiger partial charge on any atom is 0.0869 e. The highest BCUT2D eigenvalue weighted by Crippen LogP contribution is 2.06. The Morgan fingerprint density at radius 3 is 3.00 bits per heavy atom. The first-order valence-electron chi connectivity index (χ1n) is 4.16. The topological polar surface area (TPSA) is 29.3 Å². The average molecular weight is 214 g/mol. The van der Waals surface area contributed by atoms with Crippen molar-refractivity contribution in [3.05, 3.63) is 22.4 Å². The molecular formula is C9H14N2S2. The Morgan fingerprint density at radius 1 is 1.69 bits per heavy atom. The second-order valence-corrected chi connectivity index (χ2v) is 4.39. The van der Waals surface area contributed by atoms with Crippen molar-refractivity contribution in [2.24, 2.45) is 5.73 Å². The van der Waals surface area contributed by atoms with E-state index in [1.807, 2.05) is 7.05 Å². The molecule has 0 aromatic carbocycles. The second-order valence-electron chi connectivity index (χ2n) is 3.09. The van der Waals surface area contributed by atoms with Gasteiger partial charge in [0.05, 0.1) is 4.99 Å². The molecule has 0 bridgehead atoms. The normalized spacial score (nSPS) is 10.6. The SMILES string of the molecule is CN(CCc1ccsc1)CC(N)=S. The number of likely N-dealkylation sites (N-methyl/N-ethyl adjacent to an activating group) is 1. The minimum absolute atomic E-state index is 0.563. The molecule has 0 aliphatic rings. The van der Waals surface area contributed by atoms with Crippen LogP contribution < -0.4 is 5.73 Å². The van der Waals surface area contributed by atoms with Crippen molar-refractivity contribution in [3.63, 3.8) is 0 Å². The lowest BCUT2D eigenvalue weighted by Gasteiger charge is -2.14. The van der Waals surface area contributed by atoms with E-state index < -0.39 is 0 Å². The third kappa shape index (κ3) is 4.36. The lowest BCUT2D eigenvalue weighted by Crippen LogP contribution is -2.30. The smallest absolute Gasteiger partial charge is 0.0869 e. The van der Waals surface area contributed by atoms with Crippen LogP contribution in [0.3, 0.4) is 0 Å². The zero-order valence-corrected chi connectivity index (χ0v) is 9.33. The molecule has 0 aliphatic heterocycles. The summed E-state index contributed by atoms with van der Waals surface area (Å²) in [6.07, 6.45) is 1.07. The number of hydrogen-bond donors (Lipinski definition) is 1. The number of thiocarbonyl (C=S) groups is 1. The van der Waals surface area contributed by atoms with E-state index in [2.05, 4.69) is 21.7 Å². The highest BCUT2D eigenvalue weighted by atomic mass is 32.1. The van der Waals surface area contributed by atoms with Gasteiger partial charge in [-0.15, -0.1) is 0 Å². The molecule has 0 atom stereocenters. The van der Waals surface area contributed by atoms with E-state index in [0.29, 0.717) is 11.5 Å². The first-order chi connectivity index (χ1) is 6.18. The summed E-state index contributed by atoms with van der Waals surface area (Å²) in [7, 11) is 2.03. The van der Waals surface area contributed by atoms with Gasteiger partial charge in [0, 0.05) is 13.1 Å². The van der Waals surface area contributed by atoms with Gasteiger partial charge in [-0.2, -0.15) is 11.3 Å². The van der Waals surface area contributed by atoms with Crippen LogP contribution in [-0.2, 0) is 6.42 Å². The Bertz CT molecular complexity index is 257. The van der Waals surface area contributed by atoms with Gasteiger partial charge < -0.3 is 5.73 Å². The summed E-state index contributed by atoms with van der Waals surface area (Å²) in [5, 5.41) is 4.28. The Morgan fingerprint density at radius 2 is 2.46 bits per heavy atom. The van der Waals surface area contributed by atoms with Crippen LogP contribution in [0.25, 0.3) is 0 Å². The van der Waals surface area contributed by atoms with Gasteiger partial charge in [0.2, 0.25) is 0 Å². The predicted molar refractivity (Wildman–Crippen MR) is 62.3 cm³/mol. The first-order valence-corrected chi connectivity index (χ1v) is 5.51. The molecule has 0 fully saturated rings. The van der Waals surface area contributed by atoms with E-state index >= 15 is 0 Å². The van der Waals surface area contributed by atoms with Crippen LogP contribution >= 0.6 is 23.6 Å². The van der Waals surface area contributed by atoms with E-state index in [-0.39, 0.29) is 0 Å². The molecule has 2 N–H and O–H groups in total. The van der Waals surface area contributed by atoms with Crippen LogP contribution in [0.2, 0.25) is 0 Å². The lowest BCUT2D eigenvalue weighted by atomic mass is 10.2. The average Bonchev–Trinajstić information content (AvgIpc) is 2.51. The molecule has 0 radical (unpaired) electrons. The van der Waals surface area contributed by atoms with Crippen LogP contribution in [0.1, 0.15) is 5.56 Å². The van der Waals surface area contributed by atoms with Crippen molar-refractivity contribution < 1.29 is 0 Å². The maximum absolute atomic E-state index is 5.43. The Labute approximate surface area is 88.4 Å². The molecule has 0 saturated heterocycles. The molecule has 1 rings (SSSR count). The van der Waals surface area contributed by atoms with Crippen molar-refractivity contribution in [1.29, 1.82) is 0 Å². The third-order valence-corrected chi connectivity index (χ3v) is 2.65. The van der Waals surface area contributed by atoms with Crippen LogP contribution in [0, 0.1) is 0 Å². The molecule has 0 spiro atoms. The van der Waals surface area contributed by atoms with Crippen LogP contribution in [0.4, 0.5) is 0 Å². The highest BCUT2D eigenvalue weighted by Gasteiger charge is 2.00. The molecule has 72 valence electrons. The highest BCUT2D eigenvalue weighted by molar-refractivity contribution is 7.80. The van der Waals surface area contributed by atoms with Crippen LogP contribution in [-0.4, -0.2) is 30.0 Å². The molecule has 0 unspecified atom stereocenters. The summed E-state index contributed by atoms with van der Waals surface area (Å²) in [4.78, 5) is 2.70. The maximum atomic E-state index is 5.43. The van der Waals surface area contributed by atoms with E-state index in [4.69, 9.17) is 18.0 Å². The minimum Gasteiger partial charge on any atom is -0.392 e. The van der Waals surface area contributed by atoms with Gasteiger partial charge >= 0.3 is 0 Å². The van der Waals surface area contributed by atoms with Gasteiger partial charge in [-0.25, -0.2) is 0 Å². The molecule has 1 aromatic rings. The van der Waals surface area contributed by atoms with Gasteiger partial charge in [0.25, 0.3) is 0 Å². The van der Waals surface area contributed by atoms with Crippen molar-refractivity contribution >= 4 is 28.5 Å². The van der Waals surface area contributed by atoms with Crippen molar-refractivity contribution in [3.8, 4) is 0 Å². The van der Waals surface area contributed by atoms with Crippen molar-refractivity contribution in [1.82, 2.24) is 4.90 Å². The zero-order valence-electron chi connectivity index (χ0n) is 7.69. The molecule has 0 amide bonds.